The van der Waals surface area contributed by atoms with Gasteiger partial charge in [0.05, 0.1) is 37.2 Å². The van der Waals surface area contributed by atoms with Crippen molar-refractivity contribution in [1.82, 2.24) is 35.7 Å². The topological polar surface area (TPSA) is 125 Å². The van der Waals surface area contributed by atoms with E-state index in [-0.39, 0.29) is 18.3 Å². The Morgan fingerprint density at radius 2 is 1.81 bits per heavy atom. The van der Waals surface area contributed by atoms with Crippen LogP contribution in [0, 0.1) is 0 Å². The van der Waals surface area contributed by atoms with Crippen LogP contribution >= 0.6 is 11.6 Å². The van der Waals surface area contributed by atoms with Gasteiger partial charge < -0.3 is 10.1 Å². The summed E-state index contributed by atoms with van der Waals surface area (Å²) in [5.74, 6) is -0.607. The number of ether oxygens (including phenoxy) is 1. The van der Waals surface area contributed by atoms with Crippen LogP contribution in [0.25, 0.3) is 23.0 Å². The van der Waals surface area contributed by atoms with E-state index in [0.29, 0.717) is 28.4 Å². The Kier molecular flexibility index (Phi) is 9.05. The molecule has 2 heterocycles. The molecule has 1 atom stereocenters. The van der Waals surface area contributed by atoms with Crippen molar-refractivity contribution in [3.63, 3.8) is 0 Å². The van der Waals surface area contributed by atoms with Gasteiger partial charge >= 0.3 is 5.97 Å². The first-order chi connectivity index (χ1) is 20.5. The highest BCUT2D eigenvalue weighted by Crippen LogP contribution is 2.24. The molecule has 0 fully saturated rings. The SMILES string of the molecule is COC(=O)Cc1ccc(-c2cc(C(Cc3ccccc3)NC(=O)/C=C/c3cc(Cl)ccc3-n3cnnn3)cnn2)cc1. The van der Waals surface area contributed by atoms with Crippen molar-refractivity contribution in [1.29, 1.82) is 0 Å². The predicted octanol–water partition coefficient (Wildman–Crippen LogP) is 4.60. The van der Waals surface area contributed by atoms with Crippen molar-refractivity contribution in [2.45, 2.75) is 18.9 Å². The van der Waals surface area contributed by atoms with E-state index >= 15 is 0 Å². The minimum absolute atomic E-state index is 0.188. The summed E-state index contributed by atoms with van der Waals surface area (Å²) in [4.78, 5) is 24.8. The Morgan fingerprint density at radius 1 is 1.00 bits per heavy atom. The Balaban J connectivity index is 1.39. The van der Waals surface area contributed by atoms with Crippen LogP contribution in [0.5, 0.6) is 0 Å². The smallest absolute Gasteiger partial charge is 0.309 e. The van der Waals surface area contributed by atoms with Gasteiger partial charge in [-0.05, 0) is 63.9 Å². The summed E-state index contributed by atoms with van der Waals surface area (Å²) in [6, 6.07) is 24.1. The van der Waals surface area contributed by atoms with Crippen LogP contribution in [-0.2, 0) is 27.2 Å². The van der Waals surface area contributed by atoms with Crippen LogP contribution in [0.15, 0.2) is 97.5 Å². The van der Waals surface area contributed by atoms with Gasteiger partial charge in [-0.3, -0.25) is 9.59 Å². The quantitative estimate of drug-likeness (QED) is 0.188. The number of amides is 1. The van der Waals surface area contributed by atoms with Gasteiger partial charge in [0, 0.05) is 22.2 Å². The van der Waals surface area contributed by atoms with Crippen LogP contribution in [0.4, 0.5) is 0 Å². The fourth-order valence-corrected chi connectivity index (χ4v) is 4.55. The normalized spacial score (nSPS) is 11.8. The van der Waals surface area contributed by atoms with Gasteiger partial charge in [-0.2, -0.15) is 14.9 Å². The fraction of sp³-hybridized carbons (Fsp3) is 0.129. The zero-order valence-corrected chi connectivity index (χ0v) is 23.3. The molecule has 0 aliphatic rings. The van der Waals surface area contributed by atoms with E-state index in [1.165, 1.54) is 24.2 Å². The largest absolute Gasteiger partial charge is 0.469 e. The molecular weight excluding hydrogens is 554 g/mol. The zero-order chi connectivity index (χ0) is 29.3. The number of nitrogens with one attached hydrogen (secondary N) is 1. The number of carbonyl (C=O) groups is 2. The third-order valence-electron chi connectivity index (χ3n) is 6.50. The molecule has 5 aromatic rings. The van der Waals surface area contributed by atoms with Crippen molar-refractivity contribution in [2.75, 3.05) is 7.11 Å². The molecule has 11 heteroatoms. The van der Waals surface area contributed by atoms with Crippen molar-refractivity contribution < 1.29 is 14.3 Å². The van der Waals surface area contributed by atoms with Crippen molar-refractivity contribution >= 4 is 29.6 Å². The summed E-state index contributed by atoms with van der Waals surface area (Å²) in [6.07, 6.45) is 6.97. The molecule has 0 saturated carbocycles. The number of hydrogen-bond donors (Lipinski definition) is 1. The molecule has 1 N–H and O–H groups in total. The molecule has 0 saturated heterocycles. The van der Waals surface area contributed by atoms with Crippen molar-refractivity contribution in [3.8, 4) is 16.9 Å². The van der Waals surface area contributed by atoms with Gasteiger partial charge in [-0.1, -0.05) is 66.2 Å². The maximum Gasteiger partial charge on any atom is 0.309 e. The number of halogens is 1. The number of tetrazole rings is 1. The molecule has 2 aromatic heterocycles. The highest BCUT2D eigenvalue weighted by Gasteiger charge is 2.17. The monoisotopic (exact) mass is 579 g/mol. The number of hydrogen-bond acceptors (Lipinski definition) is 8. The fourth-order valence-electron chi connectivity index (χ4n) is 4.37. The molecule has 0 aliphatic carbocycles. The van der Waals surface area contributed by atoms with Crippen LogP contribution in [-0.4, -0.2) is 49.4 Å². The third-order valence-corrected chi connectivity index (χ3v) is 6.74. The molecule has 5 rings (SSSR count). The minimum atomic E-state index is -0.393. The average Bonchev–Trinajstić information content (AvgIpc) is 3.56. The predicted molar refractivity (Wildman–Crippen MR) is 157 cm³/mol. The number of rotatable bonds is 10. The minimum Gasteiger partial charge on any atom is -0.469 e. The second kappa shape index (κ2) is 13.4. The van der Waals surface area contributed by atoms with E-state index in [2.05, 4.69) is 31.0 Å². The molecule has 0 spiro atoms. The van der Waals surface area contributed by atoms with Crippen molar-refractivity contribution in [3.05, 3.63) is 125 Å². The van der Waals surface area contributed by atoms with Crippen LogP contribution in [0.2, 0.25) is 5.02 Å². The van der Waals surface area contributed by atoms with E-state index in [4.69, 9.17) is 16.3 Å². The number of esters is 1. The van der Waals surface area contributed by atoms with Gasteiger partial charge in [-0.15, -0.1) is 5.10 Å². The standard InChI is InChI=1S/C31H26ClN7O3/c1-42-31(41)16-22-7-9-23(10-8-22)28-18-25(19-33-36-28)27(15-21-5-3-2-4-6-21)35-30(40)14-11-24-17-26(32)12-13-29(24)39-20-34-37-38-39/h2-14,17-20,27H,15-16H2,1H3,(H,35,40)/b14-11+. The molecule has 0 aliphatic heterocycles. The Labute approximate surface area is 247 Å². The molecular formula is C31H26ClN7O3. The number of nitrogens with zero attached hydrogens (tertiary/aromatic N) is 6. The summed E-state index contributed by atoms with van der Waals surface area (Å²) in [7, 11) is 1.36. The van der Waals surface area contributed by atoms with Crippen LogP contribution < -0.4 is 5.32 Å². The number of methoxy groups -OCH3 is 1. The maximum absolute atomic E-state index is 13.2. The number of benzene rings is 3. The lowest BCUT2D eigenvalue weighted by atomic mass is 9.98. The summed E-state index contributed by atoms with van der Waals surface area (Å²) in [5, 5.41) is 23.5. The van der Waals surface area contributed by atoms with E-state index in [1.54, 1.807) is 30.5 Å². The molecule has 0 bridgehead atoms. The Morgan fingerprint density at radius 3 is 2.55 bits per heavy atom. The second-order valence-corrected chi connectivity index (χ2v) is 9.80. The number of carbonyl (C=O) groups excluding carboxylic acids is 2. The highest BCUT2D eigenvalue weighted by molar-refractivity contribution is 6.30. The molecule has 42 heavy (non-hydrogen) atoms. The average molecular weight is 580 g/mol. The van der Waals surface area contributed by atoms with Crippen LogP contribution in [0.1, 0.15) is 28.3 Å². The lowest BCUT2D eigenvalue weighted by molar-refractivity contribution is -0.139. The molecule has 210 valence electrons. The van der Waals surface area contributed by atoms with E-state index in [9.17, 15) is 9.59 Å². The summed E-state index contributed by atoms with van der Waals surface area (Å²) in [6.45, 7) is 0. The Hall–Kier alpha value is -5.22. The highest BCUT2D eigenvalue weighted by atomic mass is 35.5. The first kappa shape index (κ1) is 28.3. The van der Waals surface area contributed by atoms with Crippen molar-refractivity contribution in [2.24, 2.45) is 0 Å². The number of aromatic nitrogens is 6. The van der Waals surface area contributed by atoms with E-state index in [1.807, 2.05) is 60.7 Å². The Bertz CT molecular complexity index is 1690. The first-order valence-corrected chi connectivity index (χ1v) is 13.4. The molecule has 1 amide bonds. The lowest BCUT2D eigenvalue weighted by Crippen LogP contribution is -2.28. The molecule has 1 unspecified atom stereocenters. The maximum atomic E-state index is 13.2. The molecule has 0 radical (unpaired) electrons. The second-order valence-electron chi connectivity index (χ2n) is 9.37. The van der Waals surface area contributed by atoms with Gasteiger partial charge in [0.25, 0.3) is 0 Å². The van der Waals surface area contributed by atoms with E-state index in [0.717, 1.165) is 22.3 Å². The van der Waals surface area contributed by atoms with Gasteiger partial charge in [0.2, 0.25) is 5.91 Å². The molecule has 3 aromatic carbocycles. The summed E-state index contributed by atoms with van der Waals surface area (Å²) < 4.78 is 6.24. The zero-order valence-electron chi connectivity index (χ0n) is 22.6. The van der Waals surface area contributed by atoms with Gasteiger partial charge in [0.15, 0.2) is 0 Å². The first-order valence-electron chi connectivity index (χ1n) is 13.0. The van der Waals surface area contributed by atoms with Gasteiger partial charge in [-0.25, -0.2) is 0 Å². The van der Waals surface area contributed by atoms with E-state index < -0.39 is 6.04 Å². The summed E-state index contributed by atoms with van der Waals surface area (Å²) in [5.41, 5.74) is 5.50. The lowest BCUT2D eigenvalue weighted by Gasteiger charge is -2.19. The molecule has 10 nitrogen and oxygen atoms in total. The van der Waals surface area contributed by atoms with Gasteiger partial charge in [0.1, 0.15) is 6.33 Å². The van der Waals surface area contributed by atoms with Crippen LogP contribution in [0.3, 0.4) is 0 Å². The third kappa shape index (κ3) is 7.29. The summed E-state index contributed by atoms with van der Waals surface area (Å²) >= 11 is 6.22.